The Bertz CT molecular complexity index is 1140. The van der Waals surface area contributed by atoms with Crippen molar-refractivity contribution in [2.45, 2.75) is 57.7 Å². The summed E-state index contributed by atoms with van der Waals surface area (Å²) in [4.78, 5) is 29.1. The van der Waals surface area contributed by atoms with Crippen LogP contribution in [0.2, 0.25) is 0 Å². The molecule has 0 bridgehead atoms. The molecule has 1 atom stereocenters. The first-order valence-electron chi connectivity index (χ1n) is 12.6. The standard InChI is InChI=1S/C30H33IN2O3/c1-22-9-5-6-12-24(22)20-33(29(34)21-36-27-17-15-25(31)16-18-27)28(19-23-10-3-2-4-11-23)30(35)32-26-13-7-8-14-26/h2-6,9-12,15-18,26,28H,7-8,13-14,19-21H2,1H3,(H,32,35)/t28-/m0/s1. The molecule has 3 aromatic carbocycles. The van der Waals surface area contributed by atoms with Crippen LogP contribution in [0.1, 0.15) is 42.4 Å². The van der Waals surface area contributed by atoms with Crippen molar-refractivity contribution in [2.75, 3.05) is 6.61 Å². The molecule has 5 nitrogen and oxygen atoms in total. The van der Waals surface area contributed by atoms with E-state index in [0.29, 0.717) is 18.7 Å². The van der Waals surface area contributed by atoms with Crippen LogP contribution in [0.5, 0.6) is 5.75 Å². The fourth-order valence-electron chi connectivity index (χ4n) is 4.65. The Balaban J connectivity index is 1.61. The number of carbonyl (C=O) groups excluding carboxylic acids is 2. The van der Waals surface area contributed by atoms with E-state index >= 15 is 0 Å². The van der Waals surface area contributed by atoms with Gasteiger partial charge in [-0.05, 0) is 83.3 Å². The zero-order valence-corrected chi connectivity index (χ0v) is 22.8. The number of carbonyl (C=O) groups is 2. The molecule has 1 aliphatic carbocycles. The predicted octanol–water partition coefficient (Wildman–Crippen LogP) is 5.68. The molecule has 1 N–H and O–H groups in total. The Morgan fingerprint density at radius 1 is 0.972 bits per heavy atom. The molecule has 36 heavy (non-hydrogen) atoms. The second-order valence-electron chi connectivity index (χ2n) is 9.39. The van der Waals surface area contributed by atoms with Gasteiger partial charge >= 0.3 is 0 Å². The van der Waals surface area contributed by atoms with Crippen LogP contribution >= 0.6 is 22.6 Å². The van der Waals surface area contributed by atoms with Gasteiger partial charge in [-0.1, -0.05) is 67.4 Å². The van der Waals surface area contributed by atoms with Crippen molar-refractivity contribution in [1.82, 2.24) is 10.2 Å². The number of rotatable bonds is 10. The maximum absolute atomic E-state index is 13.7. The van der Waals surface area contributed by atoms with Gasteiger partial charge in [0.1, 0.15) is 11.8 Å². The molecule has 188 valence electrons. The molecule has 0 aromatic heterocycles. The number of nitrogens with one attached hydrogen (secondary N) is 1. The maximum atomic E-state index is 13.7. The van der Waals surface area contributed by atoms with Crippen LogP contribution in [-0.4, -0.2) is 35.4 Å². The van der Waals surface area contributed by atoms with Gasteiger partial charge in [-0.15, -0.1) is 0 Å². The van der Waals surface area contributed by atoms with Gasteiger partial charge in [-0.25, -0.2) is 0 Å². The zero-order valence-electron chi connectivity index (χ0n) is 20.7. The van der Waals surface area contributed by atoms with Crippen LogP contribution in [0.4, 0.5) is 0 Å². The molecule has 2 amide bonds. The van der Waals surface area contributed by atoms with E-state index in [4.69, 9.17) is 4.74 Å². The summed E-state index contributed by atoms with van der Waals surface area (Å²) in [6.07, 6.45) is 4.69. The topological polar surface area (TPSA) is 58.6 Å². The quantitative estimate of drug-likeness (QED) is 0.307. The first-order valence-corrected chi connectivity index (χ1v) is 13.6. The van der Waals surface area contributed by atoms with Gasteiger partial charge in [0.25, 0.3) is 5.91 Å². The molecule has 0 aliphatic heterocycles. The highest BCUT2D eigenvalue weighted by Gasteiger charge is 2.32. The maximum Gasteiger partial charge on any atom is 0.261 e. The lowest BCUT2D eigenvalue weighted by Gasteiger charge is -2.32. The molecule has 3 aromatic rings. The highest BCUT2D eigenvalue weighted by Crippen LogP contribution is 2.21. The molecule has 4 rings (SSSR count). The van der Waals surface area contributed by atoms with Gasteiger partial charge in [-0.3, -0.25) is 9.59 Å². The summed E-state index contributed by atoms with van der Waals surface area (Å²) in [5.74, 6) is 0.330. The molecular formula is C30H33IN2O3. The van der Waals surface area contributed by atoms with Crippen LogP contribution in [0.3, 0.4) is 0 Å². The van der Waals surface area contributed by atoms with Crippen molar-refractivity contribution in [1.29, 1.82) is 0 Å². The fourth-order valence-corrected chi connectivity index (χ4v) is 5.01. The van der Waals surface area contributed by atoms with Gasteiger partial charge in [0, 0.05) is 22.6 Å². The van der Waals surface area contributed by atoms with Crippen molar-refractivity contribution < 1.29 is 14.3 Å². The summed E-state index contributed by atoms with van der Waals surface area (Å²) in [7, 11) is 0. The van der Waals surface area contributed by atoms with Crippen molar-refractivity contribution in [3.05, 3.63) is 99.1 Å². The zero-order chi connectivity index (χ0) is 25.3. The minimum absolute atomic E-state index is 0.0954. The number of halogens is 1. The summed E-state index contributed by atoms with van der Waals surface area (Å²) in [6, 6.07) is 25.1. The largest absolute Gasteiger partial charge is 0.484 e. The third kappa shape index (κ3) is 7.32. The summed E-state index contributed by atoms with van der Waals surface area (Å²) in [5.41, 5.74) is 3.13. The molecule has 0 saturated heterocycles. The van der Waals surface area contributed by atoms with Crippen LogP contribution in [0, 0.1) is 10.5 Å². The lowest BCUT2D eigenvalue weighted by Crippen LogP contribution is -2.53. The number of ether oxygens (including phenoxy) is 1. The van der Waals surface area contributed by atoms with Crippen LogP contribution < -0.4 is 10.1 Å². The average molecular weight is 597 g/mol. The number of hydrogen-bond acceptors (Lipinski definition) is 3. The molecule has 0 radical (unpaired) electrons. The van der Waals surface area contributed by atoms with Gasteiger partial charge in [-0.2, -0.15) is 0 Å². The minimum Gasteiger partial charge on any atom is -0.484 e. The van der Waals surface area contributed by atoms with Gasteiger partial charge in [0.05, 0.1) is 0 Å². The van der Waals surface area contributed by atoms with E-state index in [2.05, 4.69) is 27.9 Å². The van der Waals surface area contributed by atoms with Crippen LogP contribution in [0.25, 0.3) is 0 Å². The Labute approximate surface area is 227 Å². The SMILES string of the molecule is Cc1ccccc1CN(C(=O)COc1ccc(I)cc1)[C@@H](Cc1ccccc1)C(=O)NC1CCCC1. The first-order chi connectivity index (χ1) is 17.5. The fraction of sp³-hybridized carbons (Fsp3) is 0.333. The number of hydrogen-bond donors (Lipinski definition) is 1. The van der Waals surface area contributed by atoms with Crippen molar-refractivity contribution in [2.24, 2.45) is 0 Å². The Kier molecular flexibility index (Phi) is 9.39. The highest BCUT2D eigenvalue weighted by atomic mass is 127. The van der Waals surface area contributed by atoms with Gasteiger partial charge in [0.2, 0.25) is 5.91 Å². The van der Waals surface area contributed by atoms with Crippen molar-refractivity contribution in [3.8, 4) is 5.75 Å². The monoisotopic (exact) mass is 596 g/mol. The molecule has 0 unspecified atom stereocenters. The van der Waals surface area contributed by atoms with E-state index in [-0.39, 0.29) is 24.5 Å². The van der Waals surface area contributed by atoms with E-state index in [9.17, 15) is 9.59 Å². The Morgan fingerprint density at radius 3 is 2.33 bits per heavy atom. The minimum atomic E-state index is -0.638. The summed E-state index contributed by atoms with van der Waals surface area (Å²) in [6.45, 7) is 2.25. The Morgan fingerprint density at radius 2 is 1.64 bits per heavy atom. The van der Waals surface area contributed by atoms with E-state index in [1.165, 1.54) is 0 Å². The lowest BCUT2D eigenvalue weighted by molar-refractivity contribution is -0.143. The normalized spacial score (nSPS) is 14.3. The van der Waals surface area contributed by atoms with Crippen LogP contribution in [0.15, 0.2) is 78.9 Å². The van der Waals surface area contributed by atoms with Crippen molar-refractivity contribution in [3.63, 3.8) is 0 Å². The van der Waals surface area contributed by atoms with Gasteiger partial charge in [0.15, 0.2) is 6.61 Å². The van der Waals surface area contributed by atoms with E-state index in [0.717, 1.165) is 45.9 Å². The summed E-state index contributed by atoms with van der Waals surface area (Å²) >= 11 is 2.24. The second kappa shape index (κ2) is 12.9. The third-order valence-corrected chi connectivity index (χ3v) is 7.47. The molecule has 0 spiro atoms. The number of nitrogens with zero attached hydrogens (tertiary/aromatic N) is 1. The van der Waals surface area contributed by atoms with Crippen LogP contribution in [-0.2, 0) is 22.6 Å². The smallest absolute Gasteiger partial charge is 0.261 e. The molecule has 1 saturated carbocycles. The Hall–Kier alpha value is -2.87. The molecule has 1 fully saturated rings. The first kappa shape index (κ1) is 26.2. The number of benzene rings is 3. The summed E-state index contributed by atoms with van der Waals surface area (Å²) in [5, 5.41) is 3.24. The number of amides is 2. The van der Waals surface area contributed by atoms with Gasteiger partial charge < -0.3 is 15.0 Å². The predicted molar refractivity (Wildman–Crippen MR) is 151 cm³/mol. The van der Waals surface area contributed by atoms with E-state index in [1.54, 1.807) is 4.90 Å². The number of aryl methyl sites for hydroxylation is 1. The van der Waals surface area contributed by atoms with Crippen molar-refractivity contribution >= 4 is 34.4 Å². The summed E-state index contributed by atoms with van der Waals surface area (Å²) < 4.78 is 6.96. The molecular weight excluding hydrogens is 563 g/mol. The molecule has 0 heterocycles. The average Bonchev–Trinajstić information content (AvgIpc) is 3.40. The lowest BCUT2D eigenvalue weighted by atomic mass is 10.0. The molecule has 1 aliphatic rings. The van der Waals surface area contributed by atoms with E-state index < -0.39 is 6.04 Å². The highest BCUT2D eigenvalue weighted by molar-refractivity contribution is 14.1. The van der Waals surface area contributed by atoms with E-state index in [1.807, 2.05) is 85.8 Å². The third-order valence-electron chi connectivity index (χ3n) is 6.75. The second-order valence-corrected chi connectivity index (χ2v) is 10.6. The molecule has 6 heteroatoms.